The number of ether oxygens (including phenoxy) is 1. The monoisotopic (exact) mass is 361 g/mol. The quantitative estimate of drug-likeness (QED) is 0.706. The van der Waals surface area contributed by atoms with Crippen molar-refractivity contribution in [1.82, 2.24) is 10.3 Å². The van der Waals surface area contributed by atoms with Crippen molar-refractivity contribution >= 4 is 17.5 Å². The number of carbonyl (C=O) groups is 2. The number of benzene rings is 2. The van der Waals surface area contributed by atoms with E-state index in [-0.39, 0.29) is 11.8 Å². The predicted octanol–water partition coefficient (Wildman–Crippen LogP) is 3.27. The minimum Gasteiger partial charge on any atom is -0.497 e. The van der Waals surface area contributed by atoms with Crippen LogP contribution in [0, 0.1) is 0 Å². The second kappa shape index (κ2) is 8.62. The highest BCUT2D eigenvalue weighted by molar-refractivity contribution is 6.06. The van der Waals surface area contributed by atoms with E-state index < -0.39 is 0 Å². The van der Waals surface area contributed by atoms with Gasteiger partial charge in [-0.2, -0.15) is 0 Å². The Bertz CT molecular complexity index is 942. The lowest BCUT2D eigenvalue weighted by atomic mass is 10.1. The molecule has 1 aromatic heterocycles. The van der Waals surface area contributed by atoms with Gasteiger partial charge in [-0.15, -0.1) is 0 Å². The fraction of sp³-hybridized carbons (Fsp3) is 0.0952. The molecular formula is C21H19N3O3. The van der Waals surface area contributed by atoms with Gasteiger partial charge in [-0.05, 0) is 42.5 Å². The summed E-state index contributed by atoms with van der Waals surface area (Å²) in [6, 6.07) is 19.1. The molecule has 0 fully saturated rings. The molecule has 0 saturated heterocycles. The highest BCUT2D eigenvalue weighted by Crippen LogP contribution is 2.18. The van der Waals surface area contributed by atoms with Gasteiger partial charge in [0.15, 0.2) is 0 Å². The summed E-state index contributed by atoms with van der Waals surface area (Å²) in [5, 5.41) is 5.59. The van der Waals surface area contributed by atoms with Crippen LogP contribution in [0.2, 0.25) is 0 Å². The van der Waals surface area contributed by atoms with Gasteiger partial charge < -0.3 is 15.4 Å². The number of hydrogen-bond acceptors (Lipinski definition) is 4. The van der Waals surface area contributed by atoms with E-state index in [1.54, 1.807) is 61.8 Å². The molecule has 0 bridgehead atoms. The molecule has 2 N–H and O–H groups in total. The zero-order chi connectivity index (χ0) is 19.1. The van der Waals surface area contributed by atoms with Crippen molar-refractivity contribution in [3.8, 4) is 5.75 Å². The average Bonchev–Trinajstić information content (AvgIpc) is 2.73. The molecule has 3 rings (SSSR count). The molecule has 27 heavy (non-hydrogen) atoms. The van der Waals surface area contributed by atoms with Crippen molar-refractivity contribution in [2.45, 2.75) is 6.54 Å². The molecular weight excluding hydrogens is 342 g/mol. The Kier molecular flexibility index (Phi) is 5.79. The highest BCUT2D eigenvalue weighted by atomic mass is 16.5. The highest BCUT2D eigenvalue weighted by Gasteiger charge is 2.11. The maximum atomic E-state index is 12.5. The Labute approximate surface area is 157 Å². The number of carbonyl (C=O) groups excluding carboxylic acids is 2. The standard InChI is InChI=1S/C21H19N3O3/c1-27-19-10-5-9-17(13-19)24-21(26)16-7-4-6-15(12-16)20(25)23-14-18-8-2-3-11-22-18/h2-13H,14H2,1H3,(H,23,25)(H,24,26). The Morgan fingerprint density at radius 2 is 1.70 bits per heavy atom. The number of amides is 2. The van der Waals surface area contributed by atoms with Gasteiger partial charge in [0, 0.05) is 29.1 Å². The molecule has 136 valence electrons. The van der Waals surface area contributed by atoms with Gasteiger partial charge >= 0.3 is 0 Å². The number of nitrogens with zero attached hydrogens (tertiary/aromatic N) is 1. The molecule has 3 aromatic rings. The van der Waals surface area contributed by atoms with Gasteiger partial charge in [0.05, 0.1) is 19.3 Å². The smallest absolute Gasteiger partial charge is 0.255 e. The van der Waals surface area contributed by atoms with Crippen molar-refractivity contribution in [3.63, 3.8) is 0 Å². The lowest BCUT2D eigenvalue weighted by Crippen LogP contribution is -2.23. The second-order valence-corrected chi connectivity index (χ2v) is 5.77. The van der Waals surface area contributed by atoms with Crippen molar-refractivity contribution in [2.24, 2.45) is 0 Å². The third-order valence-electron chi connectivity index (χ3n) is 3.87. The summed E-state index contributed by atoms with van der Waals surface area (Å²) in [5.74, 6) is 0.0785. The van der Waals surface area contributed by atoms with Crippen LogP contribution in [0.15, 0.2) is 72.9 Å². The van der Waals surface area contributed by atoms with Gasteiger partial charge in [0.1, 0.15) is 5.75 Å². The fourth-order valence-corrected chi connectivity index (χ4v) is 2.48. The van der Waals surface area contributed by atoms with E-state index in [4.69, 9.17) is 4.74 Å². The maximum Gasteiger partial charge on any atom is 0.255 e. The average molecular weight is 361 g/mol. The molecule has 0 saturated carbocycles. The van der Waals surface area contributed by atoms with E-state index in [0.29, 0.717) is 29.1 Å². The summed E-state index contributed by atoms with van der Waals surface area (Å²) in [7, 11) is 1.56. The Balaban J connectivity index is 1.66. The van der Waals surface area contributed by atoms with E-state index in [1.165, 1.54) is 0 Å². The number of anilines is 1. The van der Waals surface area contributed by atoms with Crippen molar-refractivity contribution in [3.05, 3.63) is 89.7 Å². The SMILES string of the molecule is COc1cccc(NC(=O)c2cccc(C(=O)NCc3ccccn3)c2)c1. The van der Waals surface area contributed by atoms with E-state index in [0.717, 1.165) is 5.69 Å². The fourth-order valence-electron chi connectivity index (χ4n) is 2.48. The first-order chi connectivity index (χ1) is 13.2. The number of methoxy groups -OCH3 is 1. The van der Waals surface area contributed by atoms with Crippen LogP contribution in [0.3, 0.4) is 0 Å². The Morgan fingerprint density at radius 3 is 2.44 bits per heavy atom. The van der Waals surface area contributed by atoms with Crippen LogP contribution in [0.5, 0.6) is 5.75 Å². The zero-order valence-corrected chi connectivity index (χ0v) is 14.8. The molecule has 0 atom stereocenters. The van der Waals surface area contributed by atoms with Gasteiger partial charge in [-0.1, -0.05) is 18.2 Å². The lowest BCUT2D eigenvalue weighted by Gasteiger charge is -2.09. The Morgan fingerprint density at radius 1 is 0.926 bits per heavy atom. The first kappa shape index (κ1) is 18.1. The van der Waals surface area contributed by atoms with Crippen molar-refractivity contribution < 1.29 is 14.3 Å². The number of aromatic nitrogens is 1. The molecule has 0 spiro atoms. The van der Waals surface area contributed by atoms with Gasteiger partial charge in [0.25, 0.3) is 11.8 Å². The number of hydrogen-bond donors (Lipinski definition) is 2. The third kappa shape index (κ3) is 4.92. The van der Waals surface area contributed by atoms with Crippen LogP contribution in [0.1, 0.15) is 26.4 Å². The number of nitrogens with one attached hydrogen (secondary N) is 2. The molecule has 6 heteroatoms. The van der Waals surface area contributed by atoms with Crippen LogP contribution in [0.25, 0.3) is 0 Å². The largest absolute Gasteiger partial charge is 0.497 e. The molecule has 0 aliphatic carbocycles. The van der Waals surface area contributed by atoms with Gasteiger partial charge in [-0.3, -0.25) is 14.6 Å². The van der Waals surface area contributed by atoms with Crippen molar-refractivity contribution in [2.75, 3.05) is 12.4 Å². The van der Waals surface area contributed by atoms with E-state index in [9.17, 15) is 9.59 Å². The minimum atomic E-state index is -0.303. The topological polar surface area (TPSA) is 80.3 Å². The molecule has 1 heterocycles. The van der Waals surface area contributed by atoms with Crippen LogP contribution in [0.4, 0.5) is 5.69 Å². The number of pyridine rings is 1. The second-order valence-electron chi connectivity index (χ2n) is 5.77. The molecule has 6 nitrogen and oxygen atoms in total. The first-order valence-corrected chi connectivity index (χ1v) is 8.39. The van der Waals surface area contributed by atoms with Crippen LogP contribution in [-0.2, 0) is 6.54 Å². The first-order valence-electron chi connectivity index (χ1n) is 8.39. The van der Waals surface area contributed by atoms with E-state index in [1.807, 2.05) is 18.2 Å². The van der Waals surface area contributed by atoms with Crippen LogP contribution in [-0.4, -0.2) is 23.9 Å². The van der Waals surface area contributed by atoms with Gasteiger partial charge in [-0.25, -0.2) is 0 Å². The summed E-state index contributed by atoms with van der Waals surface area (Å²) in [5.41, 5.74) is 2.18. The summed E-state index contributed by atoms with van der Waals surface area (Å²) >= 11 is 0. The van der Waals surface area contributed by atoms with Crippen molar-refractivity contribution in [1.29, 1.82) is 0 Å². The third-order valence-corrected chi connectivity index (χ3v) is 3.87. The normalized spacial score (nSPS) is 10.1. The summed E-state index contributed by atoms with van der Waals surface area (Å²) in [6.07, 6.45) is 1.67. The predicted molar refractivity (Wildman–Crippen MR) is 103 cm³/mol. The Hall–Kier alpha value is -3.67. The summed E-state index contributed by atoms with van der Waals surface area (Å²) < 4.78 is 5.15. The lowest BCUT2D eigenvalue weighted by molar-refractivity contribution is 0.0950. The molecule has 2 aromatic carbocycles. The van der Waals surface area contributed by atoms with Gasteiger partial charge in [0.2, 0.25) is 0 Å². The van der Waals surface area contributed by atoms with Crippen LogP contribution >= 0.6 is 0 Å². The van der Waals surface area contributed by atoms with E-state index >= 15 is 0 Å². The minimum absolute atomic E-state index is 0.267. The molecule has 2 amide bonds. The van der Waals surface area contributed by atoms with Crippen LogP contribution < -0.4 is 15.4 Å². The maximum absolute atomic E-state index is 12.5. The summed E-state index contributed by atoms with van der Waals surface area (Å²) in [4.78, 5) is 29.0. The zero-order valence-electron chi connectivity index (χ0n) is 14.8. The summed E-state index contributed by atoms with van der Waals surface area (Å²) in [6.45, 7) is 0.319. The molecule has 0 radical (unpaired) electrons. The molecule has 0 aliphatic rings. The molecule has 0 aliphatic heterocycles. The molecule has 0 unspecified atom stereocenters. The van der Waals surface area contributed by atoms with E-state index in [2.05, 4.69) is 15.6 Å². The number of rotatable bonds is 6.